The van der Waals surface area contributed by atoms with Crippen molar-refractivity contribution in [1.82, 2.24) is 10.2 Å². The van der Waals surface area contributed by atoms with E-state index in [9.17, 15) is 0 Å². The maximum atomic E-state index is 6.16. The fourth-order valence-electron chi connectivity index (χ4n) is 2.09. The van der Waals surface area contributed by atoms with Gasteiger partial charge in [-0.1, -0.05) is 43.1 Å². The van der Waals surface area contributed by atoms with Gasteiger partial charge in [-0.25, -0.2) is 0 Å². The van der Waals surface area contributed by atoms with Crippen LogP contribution in [0.25, 0.3) is 0 Å². The zero-order valence-corrected chi connectivity index (χ0v) is 13.7. The summed E-state index contributed by atoms with van der Waals surface area (Å²) in [5.41, 5.74) is 0.980. The molecular formula is C15H24Cl2N2. The van der Waals surface area contributed by atoms with Crippen LogP contribution >= 0.6 is 23.2 Å². The van der Waals surface area contributed by atoms with Crippen LogP contribution in [0.1, 0.15) is 25.8 Å². The van der Waals surface area contributed by atoms with Gasteiger partial charge in [-0.15, -0.1) is 0 Å². The predicted molar refractivity (Wildman–Crippen MR) is 85.1 cm³/mol. The molecule has 0 fully saturated rings. The lowest BCUT2D eigenvalue weighted by molar-refractivity contribution is 0.246. The third-order valence-corrected chi connectivity index (χ3v) is 3.93. The van der Waals surface area contributed by atoms with E-state index >= 15 is 0 Å². The highest BCUT2D eigenvalue weighted by molar-refractivity contribution is 6.35. The summed E-state index contributed by atoms with van der Waals surface area (Å²) in [5, 5.41) is 4.91. The van der Waals surface area contributed by atoms with E-state index in [-0.39, 0.29) is 0 Å². The smallest absolute Gasteiger partial charge is 0.0465 e. The highest BCUT2D eigenvalue weighted by Crippen LogP contribution is 2.23. The molecule has 1 atom stereocenters. The molecule has 0 heterocycles. The van der Waals surface area contributed by atoms with Crippen LogP contribution in [0.3, 0.4) is 0 Å². The Labute approximate surface area is 127 Å². The third-order valence-electron chi connectivity index (χ3n) is 3.22. The van der Waals surface area contributed by atoms with E-state index < -0.39 is 0 Å². The zero-order valence-electron chi connectivity index (χ0n) is 12.2. The number of nitrogens with zero attached hydrogens (tertiary/aromatic N) is 1. The number of likely N-dealkylation sites (N-methyl/N-ethyl adjacent to an activating group) is 1. The van der Waals surface area contributed by atoms with E-state index in [1.165, 1.54) is 6.42 Å². The highest BCUT2D eigenvalue weighted by Gasteiger charge is 2.13. The molecule has 0 aliphatic rings. The number of benzene rings is 1. The Kier molecular flexibility index (Phi) is 7.16. The topological polar surface area (TPSA) is 15.3 Å². The molecule has 1 aromatic carbocycles. The summed E-state index contributed by atoms with van der Waals surface area (Å²) in [6, 6.07) is 6.15. The molecule has 1 unspecified atom stereocenters. The van der Waals surface area contributed by atoms with Crippen molar-refractivity contribution in [2.24, 2.45) is 5.92 Å². The molecule has 0 spiro atoms. The molecule has 0 bridgehead atoms. The quantitative estimate of drug-likeness (QED) is 0.817. The summed E-state index contributed by atoms with van der Waals surface area (Å²) >= 11 is 12.3. The van der Waals surface area contributed by atoms with Crippen LogP contribution in [-0.2, 0) is 6.54 Å². The van der Waals surface area contributed by atoms with Gasteiger partial charge in [0.15, 0.2) is 0 Å². The molecule has 0 amide bonds. The van der Waals surface area contributed by atoms with Crippen molar-refractivity contribution in [1.29, 1.82) is 0 Å². The van der Waals surface area contributed by atoms with E-state index in [0.717, 1.165) is 22.2 Å². The van der Waals surface area contributed by atoms with Gasteiger partial charge in [0.25, 0.3) is 0 Å². The number of hydrogen-bond donors (Lipinski definition) is 1. The molecular weight excluding hydrogens is 279 g/mol. The summed E-state index contributed by atoms with van der Waals surface area (Å²) in [6.07, 6.45) is 1.18. The van der Waals surface area contributed by atoms with E-state index in [2.05, 4.69) is 38.2 Å². The van der Waals surface area contributed by atoms with Crippen molar-refractivity contribution in [3.05, 3.63) is 33.8 Å². The molecule has 0 aliphatic heterocycles. The summed E-state index contributed by atoms with van der Waals surface area (Å²) in [7, 11) is 4.24. The predicted octanol–water partition coefficient (Wildman–Crippen LogP) is 4.06. The van der Waals surface area contributed by atoms with Crippen LogP contribution in [0.4, 0.5) is 0 Å². The molecule has 0 saturated carbocycles. The molecule has 1 N–H and O–H groups in total. The zero-order chi connectivity index (χ0) is 14.4. The fraction of sp³-hybridized carbons (Fsp3) is 0.600. The average molecular weight is 303 g/mol. The third kappa shape index (κ3) is 5.70. The van der Waals surface area contributed by atoms with Crippen molar-refractivity contribution < 1.29 is 0 Å². The SMILES string of the molecule is CC(C)CC(CNCc1c(Cl)cccc1Cl)N(C)C. The van der Waals surface area contributed by atoms with Crippen LogP contribution < -0.4 is 5.32 Å². The van der Waals surface area contributed by atoms with Gasteiger partial charge in [-0.3, -0.25) is 0 Å². The summed E-state index contributed by atoms with van der Waals surface area (Å²) in [5.74, 6) is 0.693. The molecule has 2 nitrogen and oxygen atoms in total. The van der Waals surface area contributed by atoms with Crippen LogP contribution in [0.2, 0.25) is 10.0 Å². The van der Waals surface area contributed by atoms with Crippen molar-refractivity contribution in [2.45, 2.75) is 32.9 Å². The number of hydrogen-bond acceptors (Lipinski definition) is 2. The second-order valence-corrected chi connectivity index (χ2v) is 6.39. The lowest BCUT2D eigenvalue weighted by atomic mass is 10.0. The van der Waals surface area contributed by atoms with Crippen LogP contribution in [0.15, 0.2) is 18.2 Å². The Morgan fingerprint density at radius 1 is 1.16 bits per heavy atom. The molecule has 0 aliphatic carbocycles. The van der Waals surface area contributed by atoms with Gasteiger partial charge in [-0.05, 0) is 38.6 Å². The summed E-state index contributed by atoms with van der Waals surface area (Å²) < 4.78 is 0. The lowest BCUT2D eigenvalue weighted by Crippen LogP contribution is -2.38. The molecule has 4 heteroatoms. The minimum atomic E-state index is 0.529. The minimum Gasteiger partial charge on any atom is -0.311 e. The second kappa shape index (κ2) is 8.11. The van der Waals surface area contributed by atoms with E-state index in [1.54, 1.807) is 0 Å². The monoisotopic (exact) mass is 302 g/mol. The Morgan fingerprint density at radius 2 is 1.74 bits per heavy atom. The van der Waals surface area contributed by atoms with Crippen LogP contribution in [0.5, 0.6) is 0 Å². The standard InChI is InChI=1S/C15H24Cl2N2/c1-11(2)8-12(19(3)4)9-18-10-13-14(16)6-5-7-15(13)17/h5-7,11-12,18H,8-10H2,1-4H3. The van der Waals surface area contributed by atoms with Crippen LogP contribution in [0, 0.1) is 5.92 Å². The van der Waals surface area contributed by atoms with Crippen molar-refractivity contribution >= 4 is 23.2 Å². The first-order valence-electron chi connectivity index (χ1n) is 6.71. The average Bonchev–Trinajstić information content (AvgIpc) is 2.30. The largest absolute Gasteiger partial charge is 0.311 e. The maximum absolute atomic E-state index is 6.16. The van der Waals surface area contributed by atoms with Gasteiger partial charge in [-0.2, -0.15) is 0 Å². The van der Waals surface area contributed by atoms with Gasteiger partial charge in [0.05, 0.1) is 0 Å². The minimum absolute atomic E-state index is 0.529. The molecule has 0 aromatic heterocycles. The molecule has 1 rings (SSSR count). The molecule has 1 aromatic rings. The van der Waals surface area contributed by atoms with Gasteiger partial charge >= 0.3 is 0 Å². The highest BCUT2D eigenvalue weighted by atomic mass is 35.5. The van der Waals surface area contributed by atoms with Gasteiger partial charge in [0, 0.05) is 34.7 Å². The number of rotatable bonds is 7. The van der Waals surface area contributed by atoms with Gasteiger partial charge in [0.1, 0.15) is 0 Å². The van der Waals surface area contributed by atoms with Gasteiger partial charge in [0.2, 0.25) is 0 Å². The van der Waals surface area contributed by atoms with Crippen molar-refractivity contribution in [3.63, 3.8) is 0 Å². The van der Waals surface area contributed by atoms with E-state index in [4.69, 9.17) is 23.2 Å². The Morgan fingerprint density at radius 3 is 2.21 bits per heavy atom. The molecule has 108 valence electrons. The number of halogens is 2. The maximum Gasteiger partial charge on any atom is 0.0465 e. The lowest BCUT2D eigenvalue weighted by Gasteiger charge is -2.26. The Balaban J connectivity index is 2.52. The first-order valence-corrected chi connectivity index (χ1v) is 7.47. The van der Waals surface area contributed by atoms with Crippen LogP contribution in [-0.4, -0.2) is 31.6 Å². The van der Waals surface area contributed by atoms with Crippen molar-refractivity contribution in [3.8, 4) is 0 Å². The van der Waals surface area contributed by atoms with E-state index in [1.807, 2.05) is 18.2 Å². The van der Waals surface area contributed by atoms with Crippen molar-refractivity contribution in [2.75, 3.05) is 20.6 Å². The summed E-state index contributed by atoms with van der Waals surface area (Å²) in [4.78, 5) is 2.27. The normalized spacial score (nSPS) is 13.3. The first kappa shape index (κ1) is 16.8. The molecule has 0 saturated heterocycles. The second-order valence-electron chi connectivity index (χ2n) is 5.58. The van der Waals surface area contributed by atoms with Gasteiger partial charge < -0.3 is 10.2 Å². The van der Waals surface area contributed by atoms with E-state index in [0.29, 0.717) is 18.5 Å². The first-order chi connectivity index (χ1) is 8.91. The summed E-state index contributed by atoms with van der Waals surface area (Å²) in [6.45, 7) is 6.15. The Bertz CT molecular complexity index is 371. The fourth-order valence-corrected chi connectivity index (χ4v) is 2.62. The molecule has 19 heavy (non-hydrogen) atoms. The molecule has 0 radical (unpaired) electrons. The Hall–Kier alpha value is -0.280. The number of nitrogens with one attached hydrogen (secondary N) is 1.